The molecular formula is C21H21F3N4OS. The fourth-order valence-electron chi connectivity index (χ4n) is 3.45. The highest BCUT2D eigenvalue weighted by Crippen LogP contribution is 2.29. The Morgan fingerprint density at radius 3 is 2.63 bits per heavy atom. The second kappa shape index (κ2) is 8.91. The molecule has 0 amide bonds. The summed E-state index contributed by atoms with van der Waals surface area (Å²) >= 11 is 1.64. The van der Waals surface area contributed by atoms with Gasteiger partial charge < -0.3 is 15.4 Å². The summed E-state index contributed by atoms with van der Waals surface area (Å²) in [4.78, 5) is 10.3. The number of anilines is 2. The fraction of sp³-hybridized carbons (Fsp3) is 0.333. The zero-order valence-electron chi connectivity index (χ0n) is 16.1. The molecule has 0 unspecified atom stereocenters. The van der Waals surface area contributed by atoms with Crippen molar-refractivity contribution in [1.29, 1.82) is 0 Å². The number of hydrogen-bond donors (Lipinski definition) is 2. The molecule has 3 aromatic rings. The minimum absolute atomic E-state index is 0.281. The van der Waals surface area contributed by atoms with Crippen LogP contribution < -0.4 is 15.4 Å². The summed E-state index contributed by atoms with van der Waals surface area (Å²) in [5, 5.41) is 8.65. The lowest BCUT2D eigenvalue weighted by Gasteiger charge is -2.15. The molecule has 1 saturated carbocycles. The molecule has 1 aliphatic carbocycles. The summed E-state index contributed by atoms with van der Waals surface area (Å²) in [6, 6.07) is 11.9. The molecule has 30 heavy (non-hydrogen) atoms. The van der Waals surface area contributed by atoms with Gasteiger partial charge in [-0.3, -0.25) is 0 Å². The smallest absolute Gasteiger partial charge is 0.406 e. The Hall–Kier alpha value is -2.81. The van der Waals surface area contributed by atoms with Crippen molar-refractivity contribution in [2.75, 3.05) is 10.6 Å². The van der Waals surface area contributed by atoms with E-state index in [1.165, 1.54) is 18.2 Å². The Morgan fingerprint density at radius 2 is 1.90 bits per heavy atom. The Morgan fingerprint density at radius 1 is 1.07 bits per heavy atom. The number of alkyl halides is 3. The molecule has 2 heterocycles. The van der Waals surface area contributed by atoms with E-state index in [4.69, 9.17) is 0 Å². The lowest BCUT2D eigenvalue weighted by atomic mass is 10.1. The van der Waals surface area contributed by atoms with Gasteiger partial charge in [-0.15, -0.1) is 24.5 Å². The maximum absolute atomic E-state index is 12.6. The van der Waals surface area contributed by atoms with Crippen molar-refractivity contribution in [3.8, 4) is 17.0 Å². The molecule has 1 fully saturated rings. The molecule has 0 radical (unpaired) electrons. The fourth-order valence-corrected chi connectivity index (χ4v) is 4.09. The summed E-state index contributed by atoms with van der Waals surface area (Å²) in [6.45, 7) is 0.605. The monoisotopic (exact) mass is 434 g/mol. The second-order valence-electron chi connectivity index (χ2n) is 7.10. The van der Waals surface area contributed by atoms with Crippen LogP contribution in [0.4, 0.5) is 24.9 Å². The molecule has 0 atom stereocenters. The van der Waals surface area contributed by atoms with Gasteiger partial charge in [0.1, 0.15) is 11.6 Å². The molecule has 0 aliphatic heterocycles. The normalized spacial score (nSPS) is 14.6. The van der Waals surface area contributed by atoms with Gasteiger partial charge in [0.25, 0.3) is 0 Å². The maximum atomic E-state index is 12.6. The van der Waals surface area contributed by atoms with Gasteiger partial charge in [0.05, 0.1) is 12.2 Å². The van der Waals surface area contributed by atoms with Crippen molar-refractivity contribution in [3.63, 3.8) is 0 Å². The first kappa shape index (κ1) is 20.5. The first-order chi connectivity index (χ1) is 14.4. The van der Waals surface area contributed by atoms with Crippen LogP contribution in [0.1, 0.15) is 30.6 Å². The van der Waals surface area contributed by atoms with E-state index in [0.717, 1.165) is 30.6 Å². The Labute approximate surface area is 176 Å². The third kappa shape index (κ3) is 5.63. The van der Waals surface area contributed by atoms with Crippen LogP contribution in [0, 0.1) is 0 Å². The molecule has 2 aromatic heterocycles. The highest BCUT2D eigenvalue weighted by atomic mass is 32.1. The average Bonchev–Trinajstić information content (AvgIpc) is 3.39. The van der Waals surface area contributed by atoms with E-state index in [0.29, 0.717) is 35.6 Å². The SMILES string of the molecule is FC(F)(F)Oc1cccc(-c2cc(NCc3cccs3)nc(NC3CCCC3)n2)c1. The van der Waals surface area contributed by atoms with E-state index in [9.17, 15) is 13.2 Å². The van der Waals surface area contributed by atoms with Crippen molar-refractivity contribution in [3.05, 3.63) is 52.7 Å². The predicted octanol–water partition coefficient (Wildman–Crippen LogP) is 6.07. The lowest BCUT2D eigenvalue weighted by Crippen LogP contribution is -2.18. The number of halogens is 3. The standard InChI is InChI=1S/C21H21F3N4OS/c22-21(23,24)29-16-8-3-5-14(11-16)18-12-19(25-13-17-9-4-10-30-17)28-20(27-18)26-15-6-1-2-7-15/h3-5,8-12,15H,1-2,6-7,13H2,(H2,25,26,27,28). The molecule has 1 aromatic carbocycles. The molecule has 0 saturated heterocycles. The largest absolute Gasteiger partial charge is 0.573 e. The number of nitrogens with one attached hydrogen (secondary N) is 2. The molecule has 0 bridgehead atoms. The molecular weight excluding hydrogens is 413 g/mol. The van der Waals surface area contributed by atoms with Crippen molar-refractivity contribution in [2.45, 2.75) is 44.6 Å². The van der Waals surface area contributed by atoms with Crippen molar-refractivity contribution < 1.29 is 17.9 Å². The van der Waals surface area contributed by atoms with Gasteiger partial charge in [-0.05, 0) is 36.4 Å². The molecule has 0 spiro atoms. The Kier molecular flexibility index (Phi) is 6.08. The first-order valence-corrected chi connectivity index (χ1v) is 10.6. The van der Waals surface area contributed by atoms with Crippen LogP contribution in [0.5, 0.6) is 5.75 Å². The summed E-state index contributed by atoms with van der Waals surface area (Å²) in [5.74, 6) is 0.795. The number of benzene rings is 1. The van der Waals surface area contributed by atoms with Crippen LogP contribution in [0.15, 0.2) is 47.8 Å². The van der Waals surface area contributed by atoms with Crippen molar-refractivity contribution in [1.82, 2.24) is 9.97 Å². The molecule has 158 valence electrons. The van der Waals surface area contributed by atoms with Crippen molar-refractivity contribution >= 4 is 23.1 Å². The summed E-state index contributed by atoms with van der Waals surface area (Å²) < 4.78 is 41.9. The lowest BCUT2D eigenvalue weighted by molar-refractivity contribution is -0.274. The number of rotatable bonds is 7. The summed E-state index contributed by atoms with van der Waals surface area (Å²) in [6.07, 6.45) is -0.302. The van der Waals surface area contributed by atoms with E-state index in [1.54, 1.807) is 23.5 Å². The molecule has 5 nitrogen and oxygen atoms in total. The molecule has 9 heteroatoms. The van der Waals surface area contributed by atoms with Crippen LogP contribution in [0.3, 0.4) is 0 Å². The third-order valence-corrected chi connectivity index (χ3v) is 5.68. The number of nitrogens with zero attached hydrogens (tertiary/aromatic N) is 2. The van der Waals surface area contributed by atoms with Crippen molar-refractivity contribution in [2.24, 2.45) is 0 Å². The average molecular weight is 434 g/mol. The predicted molar refractivity (Wildman–Crippen MR) is 112 cm³/mol. The number of ether oxygens (including phenoxy) is 1. The van der Waals surface area contributed by atoms with Gasteiger partial charge in [-0.2, -0.15) is 4.98 Å². The van der Waals surface area contributed by atoms with Gasteiger partial charge >= 0.3 is 6.36 Å². The van der Waals surface area contributed by atoms with E-state index < -0.39 is 6.36 Å². The highest BCUT2D eigenvalue weighted by molar-refractivity contribution is 7.09. The van der Waals surface area contributed by atoms with E-state index >= 15 is 0 Å². The Balaban J connectivity index is 1.61. The molecule has 4 rings (SSSR count). The highest BCUT2D eigenvalue weighted by Gasteiger charge is 2.31. The van der Waals surface area contributed by atoms with Crippen LogP contribution in [0.25, 0.3) is 11.3 Å². The number of aromatic nitrogens is 2. The van der Waals surface area contributed by atoms with Gasteiger partial charge in [0.15, 0.2) is 0 Å². The van der Waals surface area contributed by atoms with E-state index in [1.807, 2.05) is 17.5 Å². The zero-order chi connectivity index (χ0) is 21.0. The van der Waals surface area contributed by atoms with Crippen LogP contribution in [-0.4, -0.2) is 22.4 Å². The molecule has 1 aliphatic rings. The third-order valence-electron chi connectivity index (χ3n) is 4.80. The van der Waals surface area contributed by atoms with E-state index in [2.05, 4.69) is 25.3 Å². The minimum atomic E-state index is -4.74. The van der Waals surface area contributed by atoms with Gasteiger partial charge in [0.2, 0.25) is 5.95 Å². The number of hydrogen-bond acceptors (Lipinski definition) is 6. The van der Waals surface area contributed by atoms with Crippen LogP contribution in [-0.2, 0) is 6.54 Å². The zero-order valence-corrected chi connectivity index (χ0v) is 16.9. The van der Waals surface area contributed by atoms with Crippen LogP contribution in [0.2, 0.25) is 0 Å². The summed E-state index contributed by atoms with van der Waals surface area (Å²) in [7, 11) is 0. The minimum Gasteiger partial charge on any atom is -0.406 e. The van der Waals surface area contributed by atoms with Gasteiger partial charge in [0, 0.05) is 22.5 Å². The van der Waals surface area contributed by atoms with E-state index in [-0.39, 0.29) is 5.75 Å². The van der Waals surface area contributed by atoms with Gasteiger partial charge in [-0.1, -0.05) is 31.0 Å². The summed E-state index contributed by atoms with van der Waals surface area (Å²) in [5.41, 5.74) is 1.04. The first-order valence-electron chi connectivity index (χ1n) is 9.73. The van der Waals surface area contributed by atoms with Gasteiger partial charge in [-0.25, -0.2) is 4.98 Å². The quantitative estimate of drug-likeness (QED) is 0.473. The maximum Gasteiger partial charge on any atom is 0.573 e. The second-order valence-corrected chi connectivity index (χ2v) is 8.13. The van der Waals surface area contributed by atoms with Crippen LogP contribution >= 0.6 is 11.3 Å². The number of thiophene rings is 1. The Bertz CT molecular complexity index is 973. The molecule has 2 N–H and O–H groups in total. The topological polar surface area (TPSA) is 59.1 Å².